The van der Waals surface area contributed by atoms with Gasteiger partial charge in [0.25, 0.3) is 5.91 Å². The Morgan fingerprint density at radius 3 is 2.37 bits per heavy atom. The zero-order chi connectivity index (χ0) is 25.2. The highest BCUT2D eigenvalue weighted by molar-refractivity contribution is 7.89. The molecular weight excluding hydrogens is 486 g/mol. The van der Waals surface area contributed by atoms with Gasteiger partial charge in [0.15, 0.2) is 4.80 Å². The van der Waals surface area contributed by atoms with Crippen LogP contribution >= 0.6 is 11.3 Å². The van der Waals surface area contributed by atoms with Gasteiger partial charge < -0.3 is 9.30 Å². The highest BCUT2D eigenvalue weighted by atomic mass is 32.2. The zero-order valence-corrected chi connectivity index (χ0v) is 21.7. The molecule has 0 radical (unpaired) electrons. The summed E-state index contributed by atoms with van der Waals surface area (Å²) in [4.78, 5) is 29.8. The van der Waals surface area contributed by atoms with Crippen LogP contribution in [0, 0.1) is 0 Å². The van der Waals surface area contributed by atoms with Crippen LogP contribution in [-0.4, -0.2) is 49.4 Å². The third-order valence-electron chi connectivity index (χ3n) is 6.48. The molecule has 1 fully saturated rings. The van der Waals surface area contributed by atoms with Crippen molar-refractivity contribution in [3.63, 3.8) is 0 Å². The molecule has 0 spiro atoms. The molecule has 1 aliphatic carbocycles. The summed E-state index contributed by atoms with van der Waals surface area (Å²) >= 11 is 1.31. The van der Waals surface area contributed by atoms with Gasteiger partial charge >= 0.3 is 5.97 Å². The Morgan fingerprint density at radius 2 is 1.74 bits per heavy atom. The molecule has 1 aliphatic rings. The van der Waals surface area contributed by atoms with Gasteiger partial charge in [-0.2, -0.15) is 9.30 Å². The summed E-state index contributed by atoms with van der Waals surface area (Å²) < 4.78 is 35.1. The number of hydrogen-bond donors (Lipinski definition) is 0. The van der Waals surface area contributed by atoms with Crippen LogP contribution in [0.1, 0.15) is 59.7 Å². The van der Waals surface area contributed by atoms with Crippen molar-refractivity contribution >= 4 is 43.5 Å². The number of aryl methyl sites for hydroxylation is 1. The van der Waals surface area contributed by atoms with Gasteiger partial charge in [0.1, 0.15) is 0 Å². The number of fused-ring (bicyclic) bond motifs is 1. The molecule has 186 valence electrons. The summed E-state index contributed by atoms with van der Waals surface area (Å²) in [5.74, 6) is -0.890. The van der Waals surface area contributed by atoms with Crippen LogP contribution in [0.5, 0.6) is 0 Å². The minimum absolute atomic E-state index is 0.0159. The van der Waals surface area contributed by atoms with E-state index in [9.17, 15) is 18.0 Å². The van der Waals surface area contributed by atoms with Crippen molar-refractivity contribution in [3.8, 4) is 0 Å². The first-order chi connectivity index (χ1) is 16.8. The molecule has 10 heteroatoms. The number of amides is 1. The molecular formula is C25H29N3O5S2. The van der Waals surface area contributed by atoms with E-state index < -0.39 is 21.9 Å². The van der Waals surface area contributed by atoms with Gasteiger partial charge in [-0.1, -0.05) is 30.6 Å². The molecule has 8 nitrogen and oxygen atoms in total. The van der Waals surface area contributed by atoms with E-state index in [0.29, 0.717) is 22.5 Å². The molecule has 3 aromatic rings. The minimum Gasteiger partial charge on any atom is -0.465 e. The van der Waals surface area contributed by atoms with Crippen molar-refractivity contribution in [3.05, 3.63) is 58.4 Å². The van der Waals surface area contributed by atoms with Crippen LogP contribution < -0.4 is 4.80 Å². The van der Waals surface area contributed by atoms with Gasteiger partial charge in [-0.15, -0.1) is 0 Å². The maximum Gasteiger partial charge on any atom is 0.337 e. The molecule has 0 saturated heterocycles. The lowest BCUT2D eigenvalue weighted by atomic mass is 9.96. The number of methoxy groups -OCH3 is 1. The molecule has 0 atom stereocenters. The van der Waals surface area contributed by atoms with E-state index in [1.54, 1.807) is 19.2 Å². The van der Waals surface area contributed by atoms with Gasteiger partial charge in [-0.25, -0.2) is 13.2 Å². The van der Waals surface area contributed by atoms with E-state index in [2.05, 4.69) is 4.99 Å². The van der Waals surface area contributed by atoms with E-state index in [-0.39, 0.29) is 10.9 Å². The second-order valence-corrected chi connectivity index (χ2v) is 11.6. The number of rotatable bonds is 6. The number of carbonyl (C=O) groups is 2. The number of hydrogen-bond acceptors (Lipinski definition) is 6. The first-order valence-electron chi connectivity index (χ1n) is 11.6. The van der Waals surface area contributed by atoms with Gasteiger partial charge in [-0.3, -0.25) is 4.79 Å². The van der Waals surface area contributed by atoms with E-state index in [4.69, 9.17) is 4.74 Å². The number of thiazole rings is 1. The Balaban J connectivity index is 1.61. The van der Waals surface area contributed by atoms with Crippen molar-refractivity contribution in [1.29, 1.82) is 0 Å². The third kappa shape index (κ3) is 5.10. The third-order valence-corrected chi connectivity index (χ3v) is 9.45. The number of nitrogens with zero attached hydrogens (tertiary/aromatic N) is 3. The number of esters is 1. The standard InChI is InChI=1S/C25H29N3O5S2/c1-4-28-21-15-12-18(24(30)33-3)16-22(21)34-25(28)26-23(29)17-10-13-20(14-11-17)35(31,32)27(2)19-8-6-5-7-9-19/h10-16,19H,4-9H2,1-3H3. The fourth-order valence-corrected chi connectivity index (χ4v) is 6.98. The SMILES string of the molecule is CCn1c(=NC(=O)c2ccc(S(=O)(=O)N(C)C3CCCCC3)cc2)sc2cc(C(=O)OC)ccc21. The first-order valence-corrected chi connectivity index (χ1v) is 13.9. The second-order valence-electron chi connectivity index (χ2n) is 8.56. The molecule has 0 unspecified atom stereocenters. The maximum absolute atomic E-state index is 13.1. The molecule has 1 aromatic heterocycles. The lowest BCUT2D eigenvalue weighted by Crippen LogP contribution is -2.38. The molecule has 1 saturated carbocycles. The second kappa shape index (κ2) is 10.4. The predicted molar refractivity (Wildman–Crippen MR) is 135 cm³/mol. The van der Waals surface area contributed by atoms with Gasteiger partial charge in [0.05, 0.1) is 27.8 Å². The maximum atomic E-state index is 13.1. The Hall–Kier alpha value is -2.82. The lowest BCUT2D eigenvalue weighted by Gasteiger charge is -2.30. The summed E-state index contributed by atoms with van der Waals surface area (Å²) in [6.45, 7) is 2.54. The van der Waals surface area contributed by atoms with Crippen LogP contribution in [0.15, 0.2) is 52.4 Å². The summed E-state index contributed by atoms with van der Waals surface area (Å²) in [5.41, 5.74) is 1.60. The Morgan fingerprint density at radius 1 is 1.09 bits per heavy atom. The Bertz CT molecular complexity index is 1420. The topological polar surface area (TPSA) is 98.0 Å². The van der Waals surface area contributed by atoms with Gasteiger partial charge in [-0.05, 0) is 62.2 Å². The van der Waals surface area contributed by atoms with Crippen molar-refractivity contribution in [1.82, 2.24) is 8.87 Å². The normalized spacial score (nSPS) is 15.6. The minimum atomic E-state index is -3.63. The predicted octanol–water partition coefficient (Wildman–Crippen LogP) is 4.20. The van der Waals surface area contributed by atoms with E-state index in [1.807, 2.05) is 17.6 Å². The van der Waals surface area contributed by atoms with Gasteiger partial charge in [0, 0.05) is 25.2 Å². The molecule has 1 heterocycles. The van der Waals surface area contributed by atoms with Gasteiger partial charge in [0.2, 0.25) is 10.0 Å². The molecule has 35 heavy (non-hydrogen) atoms. The fourth-order valence-electron chi connectivity index (χ4n) is 4.44. The Labute approximate surface area is 208 Å². The van der Waals surface area contributed by atoms with Crippen LogP contribution in [0.4, 0.5) is 0 Å². The molecule has 1 amide bonds. The van der Waals surface area contributed by atoms with Crippen molar-refractivity contribution in [2.24, 2.45) is 4.99 Å². The highest BCUT2D eigenvalue weighted by Gasteiger charge is 2.29. The van der Waals surface area contributed by atoms with Crippen LogP contribution in [0.25, 0.3) is 10.2 Å². The number of carbonyl (C=O) groups excluding carboxylic acids is 2. The summed E-state index contributed by atoms with van der Waals surface area (Å²) in [6, 6.07) is 11.2. The highest BCUT2D eigenvalue weighted by Crippen LogP contribution is 2.26. The molecule has 2 aromatic carbocycles. The summed E-state index contributed by atoms with van der Waals surface area (Å²) in [5, 5.41) is 0. The van der Waals surface area contributed by atoms with E-state index in [0.717, 1.165) is 42.3 Å². The Kier molecular flexibility index (Phi) is 7.53. The molecule has 0 bridgehead atoms. The van der Waals surface area contributed by atoms with E-state index in [1.165, 1.54) is 47.0 Å². The average Bonchev–Trinajstić information content (AvgIpc) is 3.24. The monoisotopic (exact) mass is 515 g/mol. The zero-order valence-electron chi connectivity index (χ0n) is 20.1. The average molecular weight is 516 g/mol. The largest absolute Gasteiger partial charge is 0.465 e. The number of aromatic nitrogens is 1. The quantitative estimate of drug-likeness (QED) is 0.458. The summed E-state index contributed by atoms with van der Waals surface area (Å²) in [6.07, 6.45) is 4.98. The van der Waals surface area contributed by atoms with Crippen LogP contribution in [0.3, 0.4) is 0 Å². The lowest BCUT2D eigenvalue weighted by molar-refractivity contribution is 0.0600. The fraction of sp³-hybridized carbons (Fsp3) is 0.400. The molecule has 0 aliphatic heterocycles. The van der Waals surface area contributed by atoms with Crippen LogP contribution in [0.2, 0.25) is 0 Å². The van der Waals surface area contributed by atoms with Crippen molar-refractivity contribution < 1.29 is 22.7 Å². The number of benzene rings is 2. The first kappa shape index (κ1) is 25.3. The molecule has 0 N–H and O–H groups in total. The number of sulfonamides is 1. The molecule has 4 rings (SSSR count). The number of ether oxygens (including phenoxy) is 1. The van der Waals surface area contributed by atoms with Crippen molar-refractivity contribution in [2.75, 3.05) is 14.2 Å². The van der Waals surface area contributed by atoms with Crippen molar-refractivity contribution in [2.45, 2.75) is 56.5 Å². The van der Waals surface area contributed by atoms with E-state index >= 15 is 0 Å². The van der Waals surface area contributed by atoms with Crippen LogP contribution in [-0.2, 0) is 21.3 Å². The summed E-state index contributed by atoms with van der Waals surface area (Å²) in [7, 11) is -0.664. The smallest absolute Gasteiger partial charge is 0.337 e.